The molecule has 0 aromatic carbocycles. The molecule has 0 aromatic heterocycles. The first-order valence-electron chi connectivity index (χ1n) is 3.85. The van der Waals surface area contributed by atoms with Crippen molar-refractivity contribution in [3.63, 3.8) is 0 Å². The fourth-order valence-electron chi connectivity index (χ4n) is 0.887. The van der Waals surface area contributed by atoms with Crippen LogP contribution in [-0.4, -0.2) is 42.4 Å². The minimum Gasteiger partial charge on any atom is -0.422 e. The van der Waals surface area contributed by atoms with E-state index in [4.69, 9.17) is 21.7 Å². The van der Waals surface area contributed by atoms with Gasteiger partial charge in [-0.1, -0.05) is 4.40 Å². The summed E-state index contributed by atoms with van der Waals surface area (Å²) in [7, 11) is 0. The molecule has 1 fully saturated rings. The lowest BCUT2D eigenvalue weighted by atomic mass is 10.7. The Hall–Kier alpha value is -0.350. The van der Waals surface area contributed by atoms with Gasteiger partial charge < -0.3 is 15.1 Å². The van der Waals surface area contributed by atoms with Crippen LogP contribution >= 0.6 is 11.6 Å². The second kappa shape index (κ2) is 6.16. The molecule has 13 heavy (non-hydrogen) atoms. The van der Waals surface area contributed by atoms with E-state index >= 15 is 0 Å². The molecule has 0 radical (unpaired) electrons. The Morgan fingerprint density at radius 3 is 2.77 bits per heavy atom. The monoisotopic (exact) mass is 219 g/mol. The average Bonchev–Trinajstić information content (AvgIpc) is 2.19. The number of halogens is 1. The second-order valence-electron chi connectivity index (χ2n) is 2.34. The molecule has 0 amide bonds. The van der Waals surface area contributed by atoms with Crippen LogP contribution in [0.15, 0.2) is 9.39 Å². The van der Waals surface area contributed by atoms with Crippen molar-refractivity contribution in [2.24, 2.45) is 9.39 Å². The van der Waals surface area contributed by atoms with Crippen molar-refractivity contribution >= 4 is 34.5 Å². The van der Waals surface area contributed by atoms with Gasteiger partial charge in [-0.2, -0.15) is 0 Å². The van der Waals surface area contributed by atoms with E-state index in [1.165, 1.54) is 0 Å². The van der Waals surface area contributed by atoms with Crippen LogP contribution in [0.3, 0.4) is 0 Å². The van der Waals surface area contributed by atoms with Gasteiger partial charge in [-0.25, -0.2) is 0 Å². The van der Waals surface area contributed by atoms with E-state index in [-0.39, 0.29) is 17.0 Å². The number of alkyl halides is 1. The number of hydrogen-bond acceptors (Lipinski definition) is 2. The molecule has 1 heterocycles. The highest BCUT2D eigenvalue weighted by atomic mass is 35.5. The Kier molecular flexibility index (Phi) is 5.08. The van der Waals surface area contributed by atoms with Gasteiger partial charge in [-0.05, 0) is 0 Å². The van der Waals surface area contributed by atoms with Crippen molar-refractivity contribution in [2.45, 2.75) is 0 Å². The molecule has 72 valence electrons. The first kappa shape index (κ1) is 10.7. The number of rotatable bonds is 2. The lowest BCUT2D eigenvalue weighted by Gasteiger charge is -2.10. The molecular weight excluding hydrogens is 210 g/mol. The molecule has 0 aliphatic carbocycles. The van der Waals surface area contributed by atoms with E-state index in [1.54, 1.807) is 6.01 Å². The van der Waals surface area contributed by atoms with E-state index in [2.05, 4.69) is 9.39 Å². The first-order valence-corrected chi connectivity index (χ1v) is 5.91. The van der Waals surface area contributed by atoms with Gasteiger partial charge in [0.1, 0.15) is 16.9 Å². The average molecular weight is 220 g/mol. The summed E-state index contributed by atoms with van der Waals surface area (Å²) in [5.41, 5.74) is 0. The summed E-state index contributed by atoms with van der Waals surface area (Å²) in [5, 5.41) is 8.32. The highest BCUT2D eigenvalue weighted by molar-refractivity contribution is 7.95. The maximum Gasteiger partial charge on any atom is 0.158 e. The molecule has 1 aliphatic heterocycles. The van der Waals surface area contributed by atoms with Gasteiger partial charge in [-0.3, -0.25) is 0 Å². The minimum atomic E-state index is -0.0424. The van der Waals surface area contributed by atoms with E-state index in [1.807, 2.05) is 0 Å². The molecule has 1 aliphatic rings. The summed E-state index contributed by atoms with van der Waals surface area (Å²) >= 11 is 5.52. The molecule has 4 nitrogen and oxygen atoms in total. The van der Waals surface area contributed by atoms with E-state index in [0.717, 1.165) is 24.7 Å². The lowest BCUT2D eigenvalue weighted by Crippen LogP contribution is -2.25. The molecule has 0 saturated carbocycles. The molecule has 0 spiro atoms. The first-order chi connectivity index (χ1) is 6.36. The zero-order chi connectivity index (χ0) is 9.52. The second-order valence-corrected chi connectivity index (χ2v) is 4.53. The van der Waals surface area contributed by atoms with Crippen molar-refractivity contribution in [2.75, 3.05) is 30.6 Å². The van der Waals surface area contributed by atoms with Crippen molar-refractivity contribution < 1.29 is 4.74 Å². The van der Waals surface area contributed by atoms with Crippen molar-refractivity contribution in [1.29, 1.82) is 0 Å². The zero-order valence-corrected chi connectivity index (χ0v) is 8.64. The fraction of sp³-hybridized carbons (Fsp3) is 0.714. The van der Waals surface area contributed by atoms with Gasteiger partial charge in [0.2, 0.25) is 0 Å². The standard InChI is InChI=1S/C7H10ClN3OS/c8-5-7(10-6-9)11-13-3-1-12-2-4-13/h1-5H2/b11-7+. The quantitative estimate of drug-likeness (QED) is 0.295. The van der Waals surface area contributed by atoms with Crippen molar-refractivity contribution in [3.05, 3.63) is 5.41 Å². The van der Waals surface area contributed by atoms with Gasteiger partial charge in [0.05, 0.1) is 19.1 Å². The summed E-state index contributed by atoms with van der Waals surface area (Å²) in [6.45, 7) is 1.49. The molecule has 0 bridgehead atoms. The Bertz CT molecular complexity index is 234. The minimum absolute atomic E-state index is 0.0424. The Balaban J connectivity index is 2.53. The Morgan fingerprint density at radius 1 is 1.54 bits per heavy atom. The van der Waals surface area contributed by atoms with Crippen LogP contribution in [0.25, 0.3) is 5.41 Å². The topological polar surface area (TPSA) is 56.2 Å². The zero-order valence-electron chi connectivity index (χ0n) is 7.07. The van der Waals surface area contributed by atoms with Crippen molar-refractivity contribution in [1.82, 2.24) is 0 Å². The van der Waals surface area contributed by atoms with Crippen LogP contribution in [0.2, 0.25) is 0 Å². The number of aliphatic imine (C=N–C) groups is 1. The number of nitrogens with zero attached hydrogens (tertiary/aromatic N) is 3. The van der Waals surface area contributed by atoms with E-state index in [0.29, 0.717) is 5.84 Å². The third-order valence-corrected chi connectivity index (χ3v) is 3.44. The van der Waals surface area contributed by atoms with Crippen LogP contribution in [0.1, 0.15) is 0 Å². The van der Waals surface area contributed by atoms with Gasteiger partial charge in [-0.15, -0.1) is 17.6 Å². The predicted octanol–water partition coefficient (Wildman–Crippen LogP) is 0.931. The predicted molar refractivity (Wildman–Crippen MR) is 56.9 cm³/mol. The number of amidine groups is 1. The molecule has 6 heteroatoms. The third-order valence-electron chi connectivity index (χ3n) is 1.46. The largest absolute Gasteiger partial charge is 0.422 e. The lowest BCUT2D eigenvalue weighted by molar-refractivity contribution is 0.159. The SMILES string of the molecule is [N-]=C=N/C(CCl)=N/[S+]1CCOCC1. The highest BCUT2D eigenvalue weighted by Crippen LogP contribution is 2.06. The Labute approximate surface area is 85.0 Å². The summed E-state index contributed by atoms with van der Waals surface area (Å²) in [4.78, 5) is 3.53. The fourth-order valence-corrected chi connectivity index (χ4v) is 2.49. The smallest absolute Gasteiger partial charge is 0.158 e. The highest BCUT2D eigenvalue weighted by Gasteiger charge is 2.22. The maximum absolute atomic E-state index is 8.32. The maximum atomic E-state index is 8.32. The van der Waals surface area contributed by atoms with Crippen molar-refractivity contribution in [3.8, 4) is 0 Å². The van der Waals surface area contributed by atoms with E-state index in [9.17, 15) is 0 Å². The third kappa shape index (κ3) is 3.91. The molecular formula is C7H10ClN3OS. The molecule has 0 N–H and O–H groups in total. The number of hydrogen-bond donors (Lipinski definition) is 0. The molecule has 0 atom stereocenters. The van der Waals surface area contributed by atoms with Gasteiger partial charge in [0, 0.05) is 0 Å². The molecule has 0 unspecified atom stereocenters. The summed E-state index contributed by atoms with van der Waals surface area (Å²) in [6.07, 6.45) is 0. The van der Waals surface area contributed by atoms with Crippen LogP contribution in [0.4, 0.5) is 0 Å². The van der Waals surface area contributed by atoms with Gasteiger partial charge >= 0.3 is 0 Å². The van der Waals surface area contributed by atoms with Gasteiger partial charge in [0.15, 0.2) is 11.5 Å². The van der Waals surface area contributed by atoms with Crippen LogP contribution in [0.5, 0.6) is 0 Å². The van der Waals surface area contributed by atoms with Crippen LogP contribution in [-0.2, 0) is 15.8 Å². The molecule has 1 saturated heterocycles. The molecule has 1 rings (SSSR count). The van der Waals surface area contributed by atoms with Gasteiger partial charge in [0.25, 0.3) is 0 Å². The van der Waals surface area contributed by atoms with E-state index < -0.39 is 0 Å². The number of ether oxygens (including phenoxy) is 1. The normalized spacial score (nSPS) is 19.6. The molecule has 0 aromatic rings. The Morgan fingerprint density at radius 2 is 2.23 bits per heavy atom. The summed E-state index contributed by atoms with van der Waals surface area (Å²) in [6, 6.07) is 1.69. The van der Waals surface area contributed by atoms with Crippen LogP contribution < -0.4 is 0 Å². The van der Waals surface area contributed by atoms with Crippen LogP contribution in [0, 0.1) is 0 Å². The summed E-state index contributed by atoms with van der Waals surface area (Å²) < 4.78 is 9.47. The summed E-state index contributed by atoms with van der Waals surface area (Å²) in [5.74, 6) is 2.48.